The number of ether oxygens (including phenoxy) is 1. The number of aryl methyl sites for hydroxylation is 1. The lowest BCUT2D eigenvalue weighted by Gasteiger charge is -2.29. The van der Waals surface area contributed by atoms with Crippen molar-refractivity contribution in [3.05, 3.63) is 29.8 Å². The fraction of sp³-hybridized carbons (Fsp3) is 0.562. The minimum Gasteiger partial charge on any atom is -0.481 e. The molecule has 2 N–H and O–H groups in total. The molecule has 0 aliphatic carbocycles. The first kappa shape index (κ1) is 14.9. The van der Waals surface area contributed by atoms with E-state index in [1.807, 2.05) is 18.2 Å². The van der Waals surface area contributed by atoms with Crippen molar-refractivity contribution in [3.63, 3.8) is 0 Å². The SMILES string of the molecule is CC(Nc1cccc(CCC(=O)O)c1)C1CCOCC1. The molecule has 1 heterocycles. The molecule has 0 aromatic heterocycles. The van der Waals surface area contributed by atoms with E-state index < -0.39 is 5.97 Å². The molecular weight excluding hydrogens is 254 g/mol. The average molecular weight is 277 g/mol. The van der Waals surface area contributed by atoms with Crippen molar-refractivity contribution in [2.24, 2.45) is 5.92 Å². The summed E-state index contributed by atoms with van der Waals surface area (Å²) in [4.78, 5) is 10.6. The predicted octanol–water partition coefficient (Wildman–Crippen LogP) is 2.93. The van der Waals surface area contributed by atoms with Crippen LogP contribution in [0.25, 0.3) is 0 Å². The van der Waals surface area contributed by atoms with Crippen molar-refractivity contribution in [2.45, 2.75) is 38.6 Å². The van der Waals surface area contributed by atoms with Crippen LogP contribution in [0.4, 0.5) is 5.69 Å². The zero-order chi connectivity index (χ0) is 14.4. The van der Waals surface area contributed by atoms with Gasteiger partial charge in [0, 0.05) is 31.4 Å². The van der Waals surface area contributed by atoms with Crippen LogP contribution in [-0.2, 0) is 16.0 Å². The van der Waals surface area contributed by atoms with Crippen LogP contribution in [-0.4, -0.2) is 30.3 Å². The summed E-state index contributed by atoms with van der Waals surface area (Å²) in [6.45, 7) is 3.92. The molecule has 0 spiro atoms. The molecule has 0 amide bonds. The van der Waals surface area contributed by atoms with E-state index in [0.717, 1.165) is 37.3 Å². The van der Waals surface area contributed by atoms with E-state index >= 15 is 0 Å². The number of carboxylic acids is 1. The first-order valence-corrected chi connectivity index (χ1v) is 7.30. The number of nitrogens with one attached hydrogen (secondary N) is 1. The Labute approximate surface area is 120 Å². The molecule has 1 saturated heterocycles. The van der Waals surface area contributed by atoms with Gasteiger partial charge in [0.2, 0.25) is 0 Å². The first-order chi connectivity index (χ1) is 9.65. The molecule has 4 heteroatoms. The molecular formula is C16H23NO3. The Balaban J connectivity index is 1.91. The highest BCUT2D eigenvalue weighted by Gasteiger charge is 2.20. The van der Waals surface area contributed by atoms with Gasteiger partial charge in [-0.15, -0.1) is 0 Å². The predicted molar refractivity (Wildman–Crippen MR) is 79.0 cm³/mol. The number of carboxylic acid groups (broad SMARTS) is 1. The molecule has 1 aliphatic heterocycles. The Kier molecular flexibility index (Phi) is 5.41. The maximum absolute atomic E-state index is 10.6. The lowest BCUT2D eigenvalue weighted by atomic mass is 9.92. The summed E-state index contributed by atoms with van der Waals surface area (Å²) in [5, 5.41) is 12.3. The van der Waals surface area contributed by atoms with Gasteiger partial charge in [0.25, 0.3) is 0 Å². The Morgan fingerprint density at radius 2 is 2.20 bits per heavy atom. The van der Waals surface area contributed by atoms with Gasteiger partial charge in [-0.25, -0.2) is 0 Å². The van der Waals surface area contributed by atoms with Gasteiger partial charge in [-0.1, -0.05) is 12.1 Å². The molecule has 1 atom stereocenters. The van der Waals surface area contributed by atoms with E-state index in [4.69, 9.17) is 9.84 Å². The van der Waals surface area contributed by atoms with E-state index in [9.17, 15) is 4.79 Å². The Hall–Kier alpha value is -1.55. The van der Waals surface area contributed by atoms with Crippen molar-refractivity contribution in [1.29, 1.82) is 0 Å². The summed E-state index contributed by atoms with van der Waals surface area (Å²) < 4.78 is 5.39. The second-order valence-electron chi connectivity index (χ2n) is 5.48. The molecule has 4 nitrogen and oxygen atoms in total. The van der Waals surface area contributed by atoms with E-state index in [2.05, 4.69) is 18.3 Å². The summed E-state index contributed by atoms with van der Waals surface area (Å²) >= 11 is 0. The Morgan fingerprint density at radius 3 is 2.90 bits per heavy atom. The highest BCUT2D eigenvalue weighted by Crippen LogP contribution is 2.22. The number of hydrogen-bond donors (Lipinski definition) is 2. The van der Waals surface area contributed by atoms with Crippen LogP contribution in [0.1, 0.15) is 31.7 Å². The molecule has 1 aromatic carbocycles. The van der Waals surface area contributed by atoms with Crippen molar-refractivity contribution in [1.82, 2.24) is 0 Å². The third-order valence-electron chi connectivity index (χ3n) is 3.92. The zero-order valence-corrected chi connectivity index (χ0v) is 12.0. The van der Waals surface area contributed by atoms with Gasteiger partial charge in [-0.3, -0.25) is 4.79 Å². The largest absolute Gasteiger partial charge is 0.481 e. The van der Waals surface area contributed by atoms with Gasteiger partial charge in [-0.2, -0.15) is 0 Å². The molecule has 110 valence electrons. The van der Waals surface area contributed by atoms with Gasteiger partial charge in [0.05, 0.1) is 0 Å². The van der Waals surface area contributed by atoms with Crippen molar-refractivity contribution in [3.8, 4) is 0 Å². The topological polar surface area (TPSA) is 58.6 Å². The molecule has 2 rings (SSSR count). The minimum absolute atomic E-state index is 0.180. The number of hydrogen-bond acceptors (Lipinski definition) is 3. The molecule has 1 aliphatic rings. The number of anilines is 1. The van der Waals surface area contributed by atoms with E-state index in [1.54, 1.807) is 0 Å². The standard InChI is InChI=1S/C16H23NO3/c1-12(14-7-9-20-10-8-14)17-15-4-2-3-13(11-15)5-6-16(18)19/h2-4,11-12,14,17H,5-10H2,1H3,(H,18,19). The quantitative estimate of drug-likeness (QED) is 0.839. The van der Waals surface area contributed by atoms with Crippen LogP contribution in [0.2, 0.25) is 0 Å². The highest BCUT2D eigenvalue weighted by molar-refractivity contribution is 5.67. The summed E-state index contributed by atoms with van der Waals surface area (Å²) in [7, 11) is 0. The van der Waals surface area contributed by atoms with Gasteiger partial charge >= 0.3 is 5.97 Å². The van der Waals surface area contributed by atoms with Crippen LogP contribution in [0, 0.1) is 5.92 Å². The fourth-order valence-corrected chi connectivity index (χ4v) is 2.66. The van der Waals surface area contributed by atoms with Gasteiger partial charge in [0.15, 0.2) is 0 Å². The van der Waals surface area contributed by atoms with Crippen LogP contribution in [0.15, 0.2) is 24.3 Å². The Morgan fingerprint density at radius 1 is 1.45 bits per heavy atom. The van der Waals surface area contributed by atoms with E-state index in [1.165, 1.54) is 0 Å². The number of benzene rings is 1. The van der Waals surface area contributed by atoms with E-state index in [-0.39, 0.29) is 6.42 Å². The molecule has 0 radical (unpaired) electrons. The first-order valence-electron chi connectivity index (χ1n) is 7.30. The molecule has 1 fully saturated rings. The van der Waals surface area contributed by atoms with Crippen LogP contribution in [0.5, 0.6) is 0 Å². The average Bonchev–Trinajstić information content (AvgIpc) is 2.46. The summed E-state index contributed by atoms with van der Waals surface area (Å²) in [5.74, 6) is -0.106. The normalized spacial score (nSPS) is 17.6. The summed E-state index contributed by atoms with van der Waals surface area (Å²) in [6.07, 6.45) is 2.97. The molecule has 20 heavy (non-hydrogen) atoms. The third-order valence-corrected chi connectivity index (χ3v) is 3.92. The smallest absolute Gasteiger partial charge is 0.303 e. The summed E-state index contributed by atoms with van der Waals surface area (Å²) in [6, 6.07) is 8.47. The van der Waals surface area contributed by atoms with Crippen LogP contribution < -0.4 is 5.32 Å². The Bertz CT molecular complexity index is 441. The van der Waals surface area contributed by atoms with Gasteiger partial charge in [-0.05, 0) is 49.8 Å². The number of aliphatic carboxylic acids is 1. The fourth-order valence-electron chi connectivity index (χ4n) is 2.66. The van der Waals surface area contributed by atoms with E-state index in [0.29, 0.717) is 18.4 Å². The maximum Gasteiger partial charge on any atom is 0.303 e. The van der Waals surface area contributed by atoms with Gasteiger partial charge in [0.1, 0.15) is 0 Å². The molecule has 0 bridgehead atoms. The monoisotopic (exact) mass is 277 g/mol. The minimum atomic E-state index is -0.751. The summed E-state index contributed by atoms with van der Waals surface area (Å²) in [5.41, 5.74) is 2.14. The van der Waals surface area contributed by atoms with Crippen molar-refractivity contribution >= 4 is 11.7 Å². The van der Waals surface area contributed by atoms with Crippen molar-refractivity contribution < 1.29 is 14.6 Å². The lowest BCUT2D eigenvalue weighted by molar-refractivity contribution is -0.136. The second kappa shape index (κ2) is 7.29. The molecule has 1 aromatic rings. The maximum atomic E-state index is 10.6. The molecule has 1 unspecified atom stereocenters. The molecule has 0 saturated carbocycles. The lowest BCUT2D eigenvalue weighted by Crippen LogP contribution is -2.30. The van der Waals surface area contributed by atoms with Crippen LogP contribution >= 0.6 is 0 Å². The highest BCUT2D eigenvalue weighted by atomic mass is 16.5. The number of rotatable bonds is 6. The van der Waals surface area contributed by atoms with Gasteiger partial charge < -0.3 is 15.2 Å². The number of carbonyl (C=O) groups is 1. The third kappa shape index (κ3) is 4.53. The zero-order valence-electron chi connectivity index (χ0n) is 12.0. The van der Waals surface area contributed by atoms with Crippen LogP contribution in [0.3, 0.4) is 0 Å². The second-order valence-corrected chi connectivity index (χ2v) is 5.48. The van der Waals surface area contributed by atoms with Crippen molar-refractivity contribution in [2.75, 3.05) is 18.5 Å².